The summed E-state index contributed by atoms with van der Waals surface area (Å²) in [4.78, 5) is 2.46. The third-order valence-corrected chi connectivity index (χ3v) is 4.66. The number of benzene rings is 1. The Morgan fingerprint density at radius 3 is 2.95 bits per heavy atom. The molecule has 0 atom stereocenters. The highest BCUT2D eigenvalue weighted by molar-refractivity contribution is 7.99. The van der Waals surface area contributed by atoms with Crippen LogP contribution in [0, 0.1) is 0 Å². The fourth-order valence-electron chi connectivity index (χ4n) is 2.34. The van der Waals surface area contributed by atoms with Crippen molar-refractivity contribution in [3.8, 4) is 0 Å². The maximum atomic E-state index is 6.46. The van der Waals surface area contributed by atoms with Gasteiger partial charge in [0.05, 0.1) is 10.7 Å². The Kier molecular flexibility index (Phi) is 5.86. The van der Waals surface area contributed by atoms with E-state index in [9.17, 15) is 0 Å². The molecule has 1 saturated heterocycles. The van der Waals surface area contributed by atoms with Gasteiger partial charge in [0.2, 0.25) is 0 Å². The van der Waals surface area contributed by atoms with E-state index in [0.29, 0.717) is 6.04 Å². The molecule has 1 N–H and O–H groups in total. The van der Waals surface area contributed by atoms with Crippen molar-refractivity contribution in [1.82, 2.24) is 5.32 Å². The average molecular weight is 299 g/mol. The highest BCUT2D eigenvalue weighted by Gasteiger charge is 2.16. The molecule has 1 aromatic carbocycles. The van der Waals surface area contributed by atoms with Crippen molar-refractivity contribution in [3.05, 3.63) is 28.8 Å². The molecule has 1 aromatic rings. The Hall–Kier alpha value is -0.380. The lowest BCUT2D eigenvalue weighted by molar-refractivity contribution is 0.588. The lowest BCUT2D eigenvalue weighted by Crippen LogP contribution is -2.29. The van der Waals surface area contributed by atoms with Crippen LogP contribution in [-0.2, 0) is 6.54 Å². The van der Waals surface area contributed by atoms with Gasteiger partial charge in [-0.15, -0.1) is 0 Å². The zero-order chi connectivity index (χ0) is 13.7. The monoisotopic (exact) mass is 298 g/mol. The predicted octanol–water partition coefficient (Wildman–Crippen LogP) is 3.78. The molecule has 1 aliphatic rings. The molecule has 1 heterocycles. The summed E-state index contributed by atoms with van der Waals surface area (Å²) in [7, 11) is 0. The number of rotatable bonds is 4. The van der Waals surface area contributed by atoms with Gasteiger partial charge in [0.25, 0.3) is 0 Å². The topological polar surface area (TPSA) is 15.3 Å². The Labute approximate surface area is 125 Å². The quantitative estimate of drug-likeness (QED) is 0.911. The van der Waals surface area contributed by atoms with Gasteiger partial charge in [-0.1, -0.05) is 37.6 Å². The van der Waals surface area contributed by atoms with Crippen LogP contribution in [0.2, 0.25) is 5.02 Å². The van der Waals surface area contributed by atoms with Crippen LogP contribution in [0.1, 0.15) is 25.8 Å². The fraction of sp³-hybridized carbons (Fsp3) is 0.600. The van der Waals surface area contributed by atoms with Crippen LogP contribution in [-0.4, -0.2) is 30.6 Å². The van der Waals surface area contributed by atoms with Crippen LogP contribution >= 0.6 is 23.4 Å². The fourth-order valence-corrected chi connectivity index (χ4v) is 3.54. The normalized spacial score (nSPS) is 16.7. The van der Waals surface area contributed by atoms with E-state index in [1.54, 1.807) is 0 Å². The first-order valence-corrected chi connectivity index (χ1v) is 8.55. The van der Waals surface area contributed by atoms with Gasteiger partial charge < -0.3 is 10.2 Å². The molecule has 0 spiro atoms. The van der Waals surface area contributed by atoms with Gasteiger partial charge in [0.1, 0.15) is 0 Å². The number of para-hydroxylation sites is 1. The molecule has 1 fully saturated rings. The van der Waals surface area contributed by atoms with Crippen molar-refractivity contribution in [2.75, 3.05) is 29.5 Å². The smallest absolute Gasteiger partial charge is 0.0642 e. The molecule has 1 aliphatic heterocycles. The van der Waals surface area contributed by atoms with Crippen LogP contribution in [0.5, 0.6) is 0 Å². The van der Waals surface area contributed by atoms with Gasteiger partial charge in [0, 0.05) is 31.4 Å². The first kappa shape index (κ1) is 15.0. The summed E-state index contributed by atoms with van der Waals surface area (Å²) < 4.78 is 0. The molecular weight excluding hydrogens is 276 g/mol. The van der Waals surface area contributed by atoms with Crippen LogP contribution in [0.4, 0.5) is 5.69 Å². The zero-order valence-electron chi connectivity index (χ0n) is 11.8. The van der Waals surface area contributed by atoms with Crippen molar-refractivity contribution in [1.29, 1.82) is 0 Å². The van der Waals surface area contributed by atoms with Gasteiger partial charge in [-0.2, -0.15) is 11.8 Å². The first-order valence-electron chi connectivity index (χ1n) is 7.02. The average Bonchev–Trinajstić information content (AvgIpc) is 2.65. The van der Waals surface area contributed by atoms with Gasteiger partial charge >= 0.3 is 0 Å². The zero-order valence-corrected chi connectivity index (χ0v) is 13.4. The van der Waals surface area contributed by atoms with E-state index in [1.807, 2.05) is 17.8 Å². The van der Waals surface area contributed by atoms with Crippen molar-refractivity contribution in [3.63, 3.8) is 0 Å². The molecular formula is C15H23ClN2S. The molecule has 19 heavy (non-hydrogen) atoms. The lowest BCUT2D eigenvalue weighted by atomic mass is 10.1. The maximum absolute atomic E-state index is 6.46. The van der Waals surface area contributed by atoms with Gasteiger partial charge in [0.15, 0.2) is 0 Å². The summed E-state index contributed by atoms with van der Waals surface area (Å²) in [6, 6.07) is 6.74. The number of hydrogen-bond acceptors (Lipinski definition) is 3. The third-order valence-electron chi connectivity index (χ3n) is 3.31. The Morgan fingerprint density at radius 2 is 2.16 bits per heavy atom. The Bertz CT molecular complexity index is 401. The second-order valence-electron chi connectivity index (χ2n) is 5.24. The molecule has 0 aromatic heterocycles. The summed E-state index contributed by atoms with van der Waals surface area (Å²) in [5.74, 6) is 2.46. The number of nitrogens with zero attached hydrogens (tertiary/aromatic N) is 1. The highest BCUT2D eigenvalue weighted by Crippen LogP contribution is 2.31. The second kappa shape index (κ2) is 7.41. The van der Waals surface area contributed by atoms with Crippen molar-refractivity contribution in [2.24, 2.45) is 0 Å². The minimum Gasteiger partial charge on any atom is -0.369 e. The summed E-state index contributed by atoms with van der Waals surface area (Å²) in [5, 5.41) is 4.38. The molecule has 2 nitrogen and oxygen atoms in total. The summed E-state index contributed by atoms with van der Waals surface area (Å²) in [6.07, 6.45) is 1.24. The number of hydrogen-bond donors (Lipinski definition) is 1. The van der Waals surface area contributed by atoms with E-state index in [-0.39, 0.29) is 0 Å². The van der Waals surface area contributed by atoms with E-state index < -0.39 is 0 Å². The molecule has 2 rings (SSSR count). The lowest BCUT2D eigenvalue weighted by Gasteiger charge is -2.27. The first-order chi connectivity index (χ1) is 9.18. The molecule has 0 aliphatic carbocycles. The predicted molar refractivity (Wildman–Crippen MR) is 87.6 cm³/mol. The van der Waals surface area contributed by atoms with Gasteiger partial charge in [-0.3, -0.25) is 0 Å². The van der Waals surface area contributed by atoms with E-state index in [4.69, 9.17) is 11.6 Å². The number of nitrogens with one attached hydrogen (secondary N) is 1. The highest BCUT2D eigenvalue weighted by atomic mass is 35.5. The summed E-state index contributed by atoms with van der Waals surface area (Å²) >= 11 is 8.50. The van der Waals surface area contributed by atoms with Gasteiger partial charge in [-0.05, 0) is 23.8 Å². The van der Waals surface area contributed by atoms with E-state index in [0.717, 1.165) is 24.7 Å². The van der Waals surface area contributed by atoms with Crippen LogP contribution in [0.3, 0.4) is 0 Å². The van der Waals surface area contributed by atoms with Crippen LogP contribution in [0.25, 0.3) is 0 Å². The number of halogens is 1. The minimum absolute atomic E-state index is 0.492. The largest absolute Gasteiger partial charge is 0.369 e. The molecule has 0 bridgehead atoms. The molecule has 0 amide bonds. The summed E-state index contributed by atoms with van der Waals surface area (Å²) in [5.41, 5.74) is 2.55. The third kappa shape index (κ3) is 4.30. The molecule has 0 saturated carbocycles. The SMILES string of the molecule is CC(C)NCc1cccc(Cl)c1N1CCCSCC1. The van der Waals surface area contributed by atoms with Crippen molar-refractivity contribution < 1.29 is 0 Å². The standard InChI is InChI=1S/C15H23ClN2S/c1-12(2)17-11-13-5-3-6-14(16)15(13)18-7-4-9-19-10-8-18/h3,5-6,12,17H,4,7-11H2,1-2H3. The second-order valence-corrected chi connectivity index (χ2v) is 6.87. The molecule has 106 valence electrons. The Morgan fingerprint density at radius 1 is 1.32 bits per heavy atom. The van der Waals surface area contributed by atoms with Gasteiger partial charge in [-0.25, -0.2) is 0 Å². The van der Waals surface area contributed by atoms with Crippen LogP contribution < -0.4 is 10.2 Å². The molecule has 0 radical (unpaired) electrons. The van der Waals surface area contributed by atoms with E-state index in [1.165, 1.54) is 29.2 Å². The number of thioether (sulfide) groups is 1. The summed E-state index contributed by atoms with van der Waals surface area (Å²) in [6.45, 7) is 7.45. The molecule has 4 heteroatoms. The molecule has 0 unspecified atom stereocenters. The number of anilines is 1. The minimum atomic E-state index is 0.492. The van der Waals surface area contributed by atoms with E-state index >= 15 is 0 Å². The van der Waals surface area contributed by atoms with Crippen molar-refractivity contribution in [2.45, 2.75) is 32.9 Å². The van der Waals surface area contributed by atoms with E-state index in [2.05, 4.69) is 36.2 Å². The van der Waals surface area contributed by atoms with Crippen LogP contribution in [0.15, 0.2) is 18.2 Å². The Balaban J connectivity index is 2.20. The maximum Gasteiger partial charge on any atom is 0.0642 e. The van der Waals surface area contributed by atoms with Crippen molar-refractivity contribution >= 4 is 29.1 Å².